The summed E-state index contributed by atoms with van der Waals surface area (Å²) in [7, 11) is 3.36. The van der Waals surface area contributed by atoms with Gasteiger partial charge in [0, 0.05) is 25.2 Å². The van der Waals surface area contributed by atoms with Crippen molar-refractivity contribution in [3.63, 3.8) is 0 Å². The van der Waals surface area contributed by atoms with Crippen LogP contribution in [0.4, 0.5) is 0 Å². The van der Waals surface area contributed by atoms with Crippen LogP contribution < -0.4 is 18.9 Å². The van der Waals surface area contributed by atoms with E-state index in [-0.39, 0.29) is 35.2 Å². The van der Waals surface area contributed by atoms with Crippen LogP contribution in [0.15, 0.2) is 36.4 Å². The Labute approximate surface area is 318 Å². The Morgan fingerprint density at radius 3 is 1.43 bits per heavy atom. The summed E-state index contributed by atoms with van der Waals surface area (Å²) in [5.41, 5.74) is 2.94. The fourth-order valence-electron chi connectivity index (χ4n) is 9.26. The number of ether oxygens (including phenoxy) is 12. The van der Waals surface area contributed by atoms with E-state index in [2.05, 4.69) is 36.4 Å². The van der Waals surface area contributed by atoms with Gasteiger partial charge < -0.3 is 56.8 Å². The molecule has 8 atom stereocenters. The summed E-state index contributed by atoms with van der Waals surface area (Å²) < 4.78 is 66.3. The molecule has 6 saturated heterocycles. The van der Waals surface area contributed by atoms with Gasteiger partial charge in [-0.1, -0.05) is 18.2 Å². The molecule has 0 amide bonds. The maximum absolute atomic E-state index is 6.67. The van der Waals surface area contributed by atoms with Crippen molar-refractivity contribution in [2.24, 2.45) is 11.8 Å². The Morgan fingerprint density at radius 1 is 0.500 bits per heavy atom. The zero-order chi connectivity index (χ0) is 36.5. The van der Waals surface area contributed by atoms with Crippen molar-refractivity contribution in [2.75, 3.05) is 93.5 Å². The van der Waals surface area contributed by atoms with Crippen LogP contribution in [0.1, 0.15) is 49.7 Å². The van der Waals surface area contributed by atoms with Crippen molar-refractivity contribution < 1.29 is 56.8 Å². The maximum Gasteiger partial charge on any atom is 0.203 e. The fraction of sp³-hybridized carbons (Fsp3) is 0.714. The van der Waals surface area contributed by atoms with Crippen LogP contribution in [0.2, 0.25) is 0 Å². The predicted molar refractivity (Wildman–Crippen MR) is 195 cm³/mol. The summed E-state index contributed by atoms with van der Waals surface area (Å²) in [5.74, 6) is 4.65. The van der Waals surface area contributed by atoms with E-state index in [4.69, 9.17) is 56.8 Å². The van der Waals surface area contributed by atoms with Crippen LogP contribution in [0.3, 0.4) is 0 Å². The summed E-state index contributed by atoms with van der Waals surface area (Å²) in [6, 6.07) is 13.4. The molecule has 4 saturated carbocycles. The van der Waals surface area contributed by atoms with Gasteiger partial charge in [-0.2, -0.15) is 0 Å². The van der Waals surface area contributed by atoms with Gasteiger partial charge in [0.2, 0.25) is 5.75 Å². The van der Waals surface area contributed by atoms with Gasteiger partial charge >= 0.3 is 0 Å². The van der Waals surface area contributed by atoms with Crippen LogP contribution in [-0.2, 0) is 48.7 Å². The smallest absolute Gasteiger partial charge is 0.203 e. The highest BCUT2D eigenvalue weighted by atomic mass is 16.6. The highest BCUT2D eigenvalue weighted by molar-refractivity contribution is 5.59. The third-order valence-electron chi connectivity index (χ3n) is 12.0. The highest BCUT2D eigenvalue weighted by Crippen LogP contribution is 2.68. The molecule has 4 bridgehead atoms. The van der Waals surface area contributed by atoms with Crippen molar-refractivity contribution in [3.8, 4) is 23.0 Å². The van der Waals surface area contributed by atoms with E-state index < -0.39 is 0 Å². The minimum absolute atomic E-state index is 0.0363. The average Bonchev–Trinajstić information content (AvgIpc) is 3.94. The molecular weight excluding hydrogens is 696 g/mol. The molecular formula is C42H56O12. The molecule has 10 fully saturated rings. The first-order valence-corrected chi connectivity index (χ1v) is 20.0. The number of hydrogen-bond donors (Lipinski definition) is 0. The first-order valence-electron chi connectivity index (χ1n) is 20.0. The van der Waals surface area contributed by atoms with Gasteiger partial charge in [0.25, 0.3) is 0 Å². The quantitative estimate of drug-likeness (QED) is 0.197. The second kappa shape index (κ2) is 16.1. The molecule has 0 aromatic heterocycles. The van der Waals surface area contributed by atoms with Gasteiger partial charge in [0.15, 0.2) is 11.5 Å². The molecule has 8 unspecified atom stereocenters. The molecule has 54 heavy (non-hydrogen) atoms. The summed E-state index contributed by atoms with van der Waals surface area (Å²) in [6.07, 6.45) is 8.95. The Kier molecular flexibility index (Phi) is 11.0. The van der Waals surface area contributed by atoms with Gasteiger partial charge in [-0.25, -0.2) is 0 Å². The first-order chi connectivity index (χ1) is 26.5. The Morgan fingerprint density at radius 2 is 0.944 bits per heavy atom. The lowest BCUT2D eigenvalue weighted by Crippen LogP contribution is -2.56. The molecule has 6 heterocycles. The largest absolute Gasteiger partial charge is 0.491 e. The van der Waals surface area contributed by atoms with Crippen LogP contribution in [0.5, 0.6) is 23.0 Å². The van der Waals surface area contributed by atoms with E-state index in [9.17, 15) is 0 Å². The van der Waals surface area contributed by atoms with Crippen LogP contribution >= 0.6 is 0 Å². The molecule has 12 nitrogen and oxygen atoms in total. The predicted octanol–water partition coefficient (Wildman–Crippen LogP) is 4.65. The molecule has 296 valence electrons. The average molecular weight is 753 g/mol. The first kappa shape index (κ1) is 36.9. The maximum atomic E-state index is 6.67. The zero-order valence-electron chi connectivity index (χ0n) is 31.7. The fourth-order valence-corrected chi connectivity index (χ4v) is 9.26. The van der Waals surface area contributed by atoms with Gasteiger partial charge in [0.05, 0.1) is 52.9 Å². The number of epoxide rings is 6. The summed E-state index contributed by atoms with van der Waals surface area (Å²) >= 11 is 0. The molecule has 12 rings (SSSR count). The number of hydrogen-bond acceptors (Lipinski definition) is 12. The molecule has 0 N–H and O–H groups in total. The summed E-state index contributed by atoms with van der Waals surface area (Å²) in [4.78, 5) is 0. The third-order valence-corrected chi connectivity index (χ3v) is 12.0. The molecule has 0 spiro atoms. The van der Waals surface area contributed by atoms with Crippen molar-refractivity contribution in [3.05, 3.63) is 47.5 Å². The van der Waals surface area contributed by atoms with Gasteiger partial charge in [-0.05, 0) is 79.5 Å². The molecule has 2 aromatic carbocycles. The standard InChI is InChI=1S/C34H40O8.2C4H8O2/c1-3-24(35-12-25-13-36-25)4-2-23(1)33-8-21-7-22(9-33)11-34(10-21,20-33)29-5-6-30(40-17-26-14-37-26)32(42-19-28-16-39-28)31(29)41-18-27-15-38-27;2*1-5-2-4-3-6-4/h1-6,21-22,25-28H,7-20H2;2*4H,2-3H2,1H3. The number of rotatable bonds is 18. The zero-order valence-corrected chi connectivity index (χ0v) is 31.7. The Hall–Kier alpha value is -2.68. The topological polar surface area (TPSA) is 131 Å². The van der Waals surface area contributed by atoms with Crippen molar-refractivity contribution in [2.45, 2.75) is 86.0 Å². The Bertz CT molecular complexity index is 1520. The highest BCUT2D eigenvalue weighted by Gasteiger charge is 2.59. The number of methoxy groups -OCH3 is 2. The van der Waals surface area contributed by atoms with Crippen molar-refractivity contribution in [1.29, 1.82) is 0 Å². The molecule has 2 aromatic rings. The molecule has 6 aliphatic heterocycles. The molecule has 12 heteroatoms. The summed E-state index contributed by atoms with van der Waals surface area (Å²) in [5, 5.41) is 0. The van der Waals surface area contributed by atoms with Gasteiger partial charge in [-0.3, -0.25) is 0 Å². The van der Waals surface area contributed by atoms with Crippen LogP contribution in [0.25, 0.3) is 0 Å². The lowest BCUT2D eigenvalue weighted by atomic mass is 9.41. The second-order valence-corrected chi connectivity index (χ2v) is 16.7. The third kappa shape index (κ3) is 9.46. The minimum atomic E-state index is 0.0363. The van der Waals surface area contributed by atoms with Crippen molar-refractivity contribution >= 4 is 0 Å². The monoisotopic (exact) mass is 752 g/mol. The second-order valence-electron chi connectivity index (χ2n) is 16.7. The molecule has 4 aliphatic carbocycles. The lowest BCUT2D eigenvalue weighted by Gasteiger charge is -2.63. The van der Waals surface area contributed by atoms with Gasteiger partial charge in [0.1, 0.15) is 68.8 Å². The van der Waals surface area contributed by atoms with Crippen LogP contribution in [0, 0.1) is 11.8 Å². The summed E-state index contributed by atoms with van der Waals surface area (Å²) in [6.45, 7) is 8.57. The number of benzene rings is 2. The van der Waals surface area contributed by atoms with Crippen molar-refractivity contribution in [1.82, 2.24) is 0 Å². The molecule has 0 radical (unpaired) electrons. The van der Waals surface area contributed by atoms with Crippen LogP contribution in [-0.4, -0.2) is 130 Å². The Balaban J connectivity index is 0.000000274. The van der Waals surface area contributed by atoms with E-state index >= 15 is 0 Å². The van der Waals surface area contributed by atoms with E-state index in [1.165, 1.54) is 43.2 Å². The van der Waals surface area contributed by atoms with E-state index in [1.807, 2.05) is 0 Å². The van der Waals surface area contributed by atoms with E-state index in [1.54, 1.807) is 14.2 Å². The normalized spacial score (nSPS) is 36.5. The SMILES string of the molecule is COCC1CO1.COCC1CO1.c1cc(C23CC4CC(C2)CC(c2ccc(OCC5CO5)c(OCC5CO5)c2OCC2CO2)(C4)C3)ccc1OCC1CO1. The minimum Gasteiger partial charge on any atom is -0.491 e. The lowest BCUT2D eigenvalue weighted by molar-refractivity contribution is -0.0293. The molecule has 10 aliphatic rings. The van der Waals surface area contributed by atoms with E-state index in [0.29, 0.717) is 50.5 Å². The van der Waals surface area contributed by atoms with Gasteiger partial charge in [-0.15, -0.1) is 0 Å². The van der Waals surface area contributed by atoms with E-state index in [0.717, 1.165) is 82.3 Å².